The Morgan fingerprint density at radius 2 is 2.05 bits per heavy atom. The Labute approximate surface area is 125 Å². The third-order valence-corrected chi connectivity index (χ3v) is 6.06. The summed E-state index contributed by atoms with van der Waals surface area (Å²) in [6.07, 6.45) is -0.0553. The topological polar surface area (TPSA) is 83.6 Å². The first-order chi connectivity index (χ1) is 9.33. The van der Waals surface area contributed by atoms with E-state index in [1.807, 2.05) is 18.2 Å². The fraction of sp³-hybridized carbons (Fsp3) is 0.538. The number of nitrogens with two attached hydrogens (primary N) is 1. The number of rotatable bonds is 8. The van der Waals surface area contributed by atoms with Crippen molar-refractivity contribution in [1.29, 1.82) is 0 Å². The molecule has 3 N–H and O–H groups in total. The molecule has 1 aromatic rings. The number of hydrogen-bond donors (Lipinski definition) is 2. The Morgan fingerprint density at radius 1 is 1.40 bits per heavy atom. The lowest BCUT2D eigenvalue weighted by molar-refractivity contribution is 0.177. The Kier molecular flexibility index (Phi) is 6.81. The highest BCUT2D eigenvalue weighted by Gasteiger charge is 2.18. The predicted octanol–water partition coefficient (Wildman–Crippen LogP) is 1.39. The Morgan fingerprint density at radius 3 is 2.65 bits per heavy atom. The highest BCUT2D eigenvalue weighted by atomic mass is 32.2. The van der Waals surface area contributed by atoms with E-state index in [9.17, 15) is 13.5 Å². The van der Waals surface area contributed by atoms with Crippen LogP contribution in [0.3, 0.4) is 0 Å². The van der Waals surface area contributed by atoms with Crippen LogP contribution in [0.15, 0.2) is 29.2 Å². The molecular formula is C13H22N2O3S2. The van der Waals surface area contributed by atoms with Crippen molar-refractivity contribution in [2.24, 2.45) is 0 Å². The van der Waals surface area contributed by atoms with Crippen LogP contribution in [0, 0.1) is 0 Å². The van der Waals surface area contributed by atoms with Gasteiger partial charge in [0.1, 0.15) is 0 Å². The van der Waals surface area contributed by atoms with Crippen LogP contribution in [-0.4, -0.2) is 49.0 Å². The molecule has 0 heterocycles. The molecule has 0 spiro atoms. The van der Waals surface area contributed by atoms with Gasteiger partial charge in [0.25, 0.3) is 0 Å². The molecule has 1 atom stereocenters. The molecule has 1 unspecified atom stereocenters. The lowest BCUT2D eigenvalue weighted by Crippen LogP contribution is -2.32. The second-order valence-corrected chi connectivity index (χ2v) is 7.99. The van der Waals surface area contributed by atoms with Crippen LogP contribution in [0.5, 0.6) is 0 Å². The number of para-hydroxylation sites is 1. The van der Waals surface area contributed by atoms with Crippen LogP contribution in [0.4, 0.5) is 5.69 Å². The molecule has 1 rings (SSSR count). The maximum absolute atomic E-state index is 12.0. The minimum atomic E-state index is -3.28. The molecule has 114 valence electrons. The number of thioether (sulfide) groups is 1. The van der Waals surface area contributed by atoms with Crippen molar-refractivity contribution in [3.05, 3.63) is 24.3 Å². The van der Waals surface area contributed by atoms with Crippen LogP contribution in [0.2, 0.25) is 0 Å². The predicted molar refractivity (Wildman–Crippen MR) is 84.3 cm³/mol. The summed E-state index contributed by atoms with van der Waals surface area (Å²) in [7, 11) is -1.74. The van der Waals surface area contributed by atoms with Gasteiger partial charge < -0.3 is 10.8 Å². The summed E-state index contributed by atoms with van der Waals surface area (Å²) in [4.78, 5) is 0.898. The molecule has 0 aliphatic rings. The average molecular weight is 318 g/mol. The molecule has 0 bridgehead atoms. The highest BCUT2D eigenvalue weighted by molar-refractivity contribution is 8.00. The van der Waals surface area contributed by atoms with Crippen LogP contribution in [0.1, 0.15) is 13.3 Å². The number of sulfonamides is 1. The lowest BCUT2D eigenvalue weighted by Gasteiger charge is -2.17. The van der Waals surface area contributed by atoms with Gasteiger partial charge in [-0.25, -0.2) is 12.7 Å². The average Bonchev–Trinajstić information content (AvgIpc) is 2.38. The molecule has 0 aliphatic carbocycles. The molecule has 0 saturated heterocycles. The van der Waals surface area contributed by atoms with Gasteiger partial charge in [-0.3, -0.25) is 0 Å². The van der Waals surface area contributed by atoms with Crippen molar-refractivity contribution >= 4 is 27.5 Å². The summed E-state index contributed by atoms with van der Waals surface area (Å²) in [6.45, 7) is 1.98. The van der Waals surface area contributed by atoms with Crippen LogP contribution < -0.4 is 5.73 Å². The monoisotopic (exact) mass is 318 g/mol. The smallest absolute Gasteiger partial charge is 0.214 e. The van der Waals surface area contributed by atoms with Crippen molar-refractivity contribution in [3.63, 3.8) is 0 Å². The van der Waals surface area contributed by atoms with E-state index in [0.29, 0.717) is 24.4 Å². The summed E-state index contributed by atoms with van der Waals surface area (Å²) in [6, 6.07) is 7.40. The minimum Gasteiger partial charge on any atom is -0.398 e. The molecular weight excluding hydrogens is 296 g/mol. The standard InChI is InChI=1S/C13H22N2O3S2/c1-11(16)7-8-15(2)20(17,18)10-9-19-13-6-4-3-5-12(13)14/h3-6,11,16H,7-10,14H2,1-2H3. The van der Waals surface area contributed by atoms with E-state index in [-0.39, 0.29) is 5.75 Å². The highest BCUT2D eigenvalue weighted by Crippen LogP contribution is 2.24. The van der Waals surface area contributed by atoms with Crippen molar-refractivity contribution in [3.8, 4) is 0 Å². The number of anilines is 1. The normalized spacial score (nSPS) is 13.6. The fourth-order valence-corrected chi connectivity index (χ4v) is 4.03. The van der Waals surface area contributed by atoms with Crippen molar-refractivity contribution < 1.29 is 13.5 Å². The first-order valence-electron chi connectivity index (χ1n) is 6.42. The van der Waals surface area contributed by atoms with Crippen LogP contribution in [-0.2, 0) is 10.0 Å². The maximum Gasteiger partial charge on any atom is 0.214 e. The molecule has 0 amide bonds. The molecule has 5 nitrogen and oxygen atoms in total. The maximum atomic E-state index is 12.0. The molecule has 7 heteroatoms. The molecule has 0 radical (unpaired) electrons. The molecule has 0 fully saturated rings. The van der Waals surface area contributed by atoms with Crippen molar-refractivity contribution in [2.75, 3.05) is 30.8 Å². The van der Waals surface area contributed by atoms with Gasteiger partial charge in [-0.1, -0.05) is 12.1 Å². The van der Waals surface area contributed by atoms with E-state index >= 15 is 0 Å². The summed E-state index contributed by atoms with van der Waals surface area (Å²) in [5, 5.41) is 9.18. The zero-order valence-corrected chi connectivity index (χ0v) is 13.5. The quantitative estimate of drug-likeness (QED) is 0.559. The number of benzene rings is 1. The molecule has 0 aromatic heterocycles. The SMILES string of the molecule is CC(O)CCN(C)S(=O)(=O)CCSc1ccccc1N. The van der Waals surface area contributed by atoms with E-state index < -0.39 is 16.1 Å². The van der Waals surface area contributed by atoms with Gasteiger partial charge in [0.15, 0.2) is 0 Å². The second kappa shape index (κ2) is 7.87. The van der Waals surface area contributed by atoms with E-state index in [1.54, 1.807) is 20.0 Å². The molecule has 0 saturated carbocycles. The number of nitrogen functional groups attached to an aromatic ring is 1. The van der Waals surface area contributed by atoms with Gasteiger partial charge in [0, 0.05) is 29.9 Å². The number of aliphatic hydroxyl groups excluding tert-OH is 1. The van der Waals surface area contributed by atoms with E-state index in [1.165, 1.54) is 16.1 Å². The van der Waals surface area contributed by atoms with E-state index in [0.717, 1.165) is 4.90 Å². The summed E-state index contributed by atoms with van der Waals surface area (Å²) in [5.41, 5.74) is 6.47. The summed E-state index contributed by atoms with van der Waals surface area (Å²) >= 11 is 1.44. The molecule has 20 heavy (non-hydrogen) atoms. The van der Waals surface area contributed by atoms with Crippen LogP contribution >= 0.6 is 11.8 Å². The molecule has 1 aromatic carbocycles. The van der Waals surface area contributed by atoms with Crippen molar-refractivity contribution in [2.45, 2.75) is 24.3 Å². The first-order valence-corrected chi connectivity index (χ1v) is 9.02. The first kappa shape index (κ1) is 17.3. The third-order valence-electron chi connectivity index (χ3n) is 2.85. The summed E-state index contributed by atoms with van der Waals surface area (Å²) < 4.78 is 25.3. The Balaban J connectivity index is 2.45. The molecule has 0 aliphatic heterocycles. The second-order valence-electron chi connectivity index (χ2n) is 4.66. The summed E-state index contributed by atoms with van der Waals surface area (Å²) in [5.74, 6) is 0.512. The lowest BCUT2D eigenvalue weighted by atomic mass is 10.3. The van der Waals surface area contributed by atoms with Gasteiger partial charge >= 0.3 is 0 Å². The number of nitrogens with zero attached hydrogens (tertiary/aromatic N) is 1. The van der Waals surface area contributed by atoms with Crippen molar-refractivity contribution in [1.82, 2.24) is 4.31 Å². The Hall–Kier alpha value is -0.760. The van der Waals surface area contributed by atoms with Crippen LogP contribution in [0.25, 0.3) is 0 Å². The zero-order valence-electron chi connectivity index (χ0n) is 11.8. The Bertz CT molecular complexity index is 518. The van der Waals surface area contributed by atoms with E-state index in [2.05, 4.69) is 0 Å². The van der Waals surface area contributed by atoms with Gasteiger partial charge in [-0.05, 0) is 25.5 Å². The minimum absolute atomic E-state index is 0.0578. The third kappa shape index (κ3) is 5.70. The van der Waals surface area contributed by atoms with E-state index in [4.69, 9.17) is 5.73 Å². The van der Waals surface area contributed by atoms with Gasteiger partial charge in [-0.15, -0.1) is 11.8 Å². The number of aliphatic hydroxyl groups is 1. The number of hydrogen-bond acceptors (Lipinski definition) is 5. The van der Waals surface area contributed by atoms with Gasteiger partial charge in [0.05, 0.1) is 11.9 Å². The van der Waals surface area contributed by atoms with Gasteiger partial charge in [0.2, 0.25) is 10.0 Å². The zero-order chi connectivity index (χ0) is 15.2. The largest absolute Gasteiger partial charge is 0.398 e. The van der Waals surface area contributed by atoms with Gasteiger partial charge in [-0.2, -0.15) is 0 Å². The fourth-order valence-electron chi connectivity index (χ4n) is 1.53.